The van der Waals surface area contributed by atoms with Gasteiger partial charge in [-0.25, -0.2) is 4.39 Å². The Hall–Kier alpha value is -3.06. The molecular formula is C28H26FN3O2S. The molecule has 1 atom stereocenters. The molecule has 0 bridgehead atoms. The molecule has 0 radical (unpaired) electrons. The van der Waals surface area contributed by atoms with Gasteiger partial charge >= 0.3 is 0 Å². The van der Waals surface area contributed by atoms with Crippen LogP contribution in [0.2, 0.25) is 0 Å². The van der Waals surface area contributed by atoms with Crippen molar-refractivity contribution in [2.75, 3.05) is 19.6 Å². The largest absolute Gasteiger partial charge is 0.342 e. The van der Waals surface area contributed by atoms with Gasteiger partial charge in [-0.1, -0.05) is 18.2 Å². The van der Waals surface area contributed by atoms with E-state index in [0.29, 0.717) is 30.1 Å². The fourth-order valence-electron chi connectivity index (χ4n) is 5.54. The third kappa shape index (κ3) is 3.59. The average molecular weight is 488 g/mol. The van der Waals surface area contributed by atoms with Gasteiger partial charge in [0.25, 0.3) is 5.91 Å². The molecule has 1 aromatic heterocycles. The number of hydrogen-bond donors (Lipinski definition) is 0. The molecule has 3 aromatic rings. The maximum atomic E-state index is 15.4. The van der Waals surface area contributed by atoms with Gasteiger partial charge in [-0.2, -0.15) is 0 Å². The Morgan fingerprint density at radius 3 is 2.69 bits per heavy atom. The van der Waals surface area contributed by atoms with Gasteiger partial charge < -0.3 is 4.90 Å². The average Bonchev–Trinajstić information content (AvgIpc) is 3.74. The zero-order valence-corrected chi connectivity index (χ0v) is 20.2. The Morgan fingerprint density at radius 2 is 1.91 bits per heavy atom. The van der Waals surface area contributed by atoms with Crippen LogP contribution in [0.15, 0.2) is 52.8 Å². The van der Waals surface area contributed by atoms with Gasteiger partial charge in [0.05, 0.1) is 0 Å². The van der Waals surface area contributed by atoms with Crippen LogP contribution in [0.3, 0.4) is 0 Å². The van der Waals surface area contributed by atoms with Crippen molar-refractivity contribution in [3.8, 4) is 11.1 Å². The van der Waals surface area contributed by atoms with Gasteiger partial charge in [-0.15, -0.1) is 11.3 Å². The summed E-state index contributed by atoms with van der Waals surface area (Å²) in [6.45, 7) is 1.99. The van der Waals surface area contributed by atoms with E-state index in [1.807, 2.05) is 40.6 Å². The van der Waals surface area contributed by atoms with Gasteiger partial charge in [0.2, 0.25) is 5.91 Å². The lowest BCUT2D eigenvalue weighted by atomic mass is 10.0. The molecule has 4 aliphatic rings. The number of amides is 2. The second-order valence-electron chi connectivity index (χ2n) is 10.5. The van der Waals surface area contributed by atoms with Crippen LogP contribution in [-0.2, 0) is 9.59 Å². The van der Waals surface area contributed by atoms with Crippen molar-refractivity contribution in [3.63, 3.8) is 0 Å². The first-order chi connectivity index (χ1) is 17.0. The number of halogens is 1. The third-order valence-electron chi connectivity index (χ3n) is 7.90. The lowest BCUT2D eigenvalue weighted by molar-refractivity contribution is -0.131. The first-order valence-corrected chi connectivity index (χ1v) is 13.4. The van der Waals surface area contributed by atoms with Crippen molar-refractivity contribution in [2.45, 2.75) is 37.6 Å². The van der Waals surface area contributed by atoms with E-state index in [1.165, 1.54) is 10.8 Å². The minimum atomic E-state index is -0.642. The summed E-state index contributed by atoms with van der Waals surface area (Å²) in [5.74, 6) is 1.01. The summed E-state index contributed by atoms with van der Waals surface area (Å²) in [6, 6.07) is 13.2. The molecule has 2 aliphatic carbocycles. The number of amidine groups is 1. The molecule has 0 unspecified atom stereocenters. The molecule has 178 valence electrons. The number of aliphatic imine (C=N–C) groups is 1. The van der Waals surface area contributed by atoms with Crippen molar-refractivity contribution in [1.82, 2.24) is 9.80 Å². The van der Waals surface area contributed by atoms with Crippen LogP contribution in [0.1, 0.15) is 37.7 Å². The highest BCUT2D eigenvalue weighted by atomic mass is 32.1. The maximum Gasteiger partial charge on any atom is 0.256 e. The summed E-state index contributed by atoms with van der Waals surface area (Å²) in [5, 5.41) is 3.14. The molecule has 1 saturated heterocycles. The molecule has 5 nitrogen and oxygen atoms in total. The molecule has 7 rings (SSSR count). The van der Waals surface area contributed by atoms with Crippen LogP contribution in [0.25, 0.3) is 21.2 Å². The van der Waals surface area contributed by atoms with Crippen molar-refractivity contribution in [3.05, 3.63) is 59.2 Å². The van der Waals surface area contributed by atoms with Gasteiger partial charge in [-0.05, 0) is 78.6 Å². The van der Waals surface area contributed by atoms with E-state index in [-0.39, 0.29) is 29.5 Å². The zero-order valence-electron chi connectivity index (χ0n) is 19.4. The lowest BCUT2D eigenvalue weighted by Crippen LogP contribution is -2.41. The predicted octanol–water partition coefficient (Wildman–Crippen LogP) is 5.09. The van der Waals surface area contributed by atoms with E-state index in [4.69, 9.17) is 4.99 Å². The molecule has 7 heteroatoms. The molecule has 3 fully saturated rings. The monoisotopic (exact) mass is 487 g/mol. The number of carbonyl (C=O) groups is 2. The number of fused-ring (bicyclic) bond motifs is 1. The molecule has 2 aromatic carbocycles. The Labute approximate surface area is 207 Å². The Bertz CT molecular complexity index is 1400. The Balaban J connectivity index is 1.15. The van der Waals surface area contributed by atoms with Gasteiger partial charge in [0.1, 0.15) is 17.2 Å². The molecule has 1 spiro atoms. The van der Waals surface area contributed by atoms with E-state index in [0.717, 1.165) is 49.6 Å². The minimum absolute atomic E-state index is 0.0341. The molecule has 2 saturated carbocycles. The van der Waals surface area contributed by atoms with Crippen molar-refractivity contribution in [2.24, 2.45) is 16.8 Å². The highest BCUT2D eigenvalue weighted by molar-refractivity contribution is 7.17. The standard InChI is InChI=1S/C28H26FN3O2S/c29-23-14-21(3-5-22(23)19-4-6-24-20(13-19)8-12-35-24)25-30-28(9-10-28)27(34)32(25)16-17-7-11-31(15-17)26(33)18-1-2-18/h3-6,8,12-14,17-18H,1-2,7,9-11,15-16H2/t17-/m1/s1. The second kappa shape index (κ2) is 7.72. The van der Waals surface area contributed by atoms with E-state index in [2.05, 4.69) is 0 Å². The van der Waals surface area contributed by atoms with Crippen molar-refractivity contribution < 1.29 is 14.0 Å². The topological polar surface area (TPSA) is 53.0 Å². The predicted molar refractivity (Wildman–Crippen MR) is 135 cm³/mol. The zero-order chi connectivity index (χ0) is 23.7. The second-order valence-corrected chi connectivity index (χ2v) is 11.4. The highest BCUT2D eigenvalue weighted by Crippen LogP contribution is 2.46. The number of likely N-dealkylation sites (tertiary alicyclic amines) is 1. The summed E-state index contributed by atoms with van der Waals surface area (Å²) in [4.78, 5) is 34.3. The number of nitrogens with zero attached hydrogens (tertiary/aromatic N) is 3. The first kappa shape index (κ1) is 21.2. The normalized spacial score (nSPS) is 22.9. The van der Waals surface area contributed by atoms with Gasteiger partial charge in [0, 0.05) is 41.4 Å². The third-order valence-corrected chi connectivity index (χ3v) is 8.80. The number of carbonyl (C=O) groups excluding carboxylic acids is 2. The van der Waals surface area contributed by atoms with E-state index in [9.17, 15) is 9.59 Å². The van der Waals surface area contributed by atoms with Crippen molar-refractivity contribution >= 4 is 39.1 Å². The molecule has 2 amide bonds. The summed E-state index contributed by atoms with van der Waals surface area (Å²) in [5.41, 5.74) is 1.39. The Morgan fingerprint density at radius 1 is 1.09 bits per heavy atom. The van der Waals surface area contributed by atoms with Crippen LogP contribution >= 0.6 is 11.3 Å². The molecule has 35 heavy (non-hydrogen) atoms. The minimum Gasteiger partial charge on any atom is -0.342 e. The first-order valence-electron chi connectivity index (χ1n) is 12.5. The number of thiophene rings is 1. The van der Waals surface area contributed by atoms with Gasteiger partial charge in [-0.3, -0.25) is 19.5 Å². The van der Waals surface area contributed by atoms with Gasteiger partial charge in [0.15, 0.2) is 0 Å². The SMILES string of the molecule is O=C(C1CC1)N1CC[C@@H](CN2C(=O)C3(CC3)N=C2c2ccc(-c3ccc4sccc4c3)c(F)c2)C1. The van der Waals surface area contributed by atoms with E-state index < -0.39 is 5.54 Å². The summed E-state index contributed by atoms with van der Waals surface area (Å²) in [6.07, 6.45) is 4.41. The molecular weight excluding hydrogens is 461 g/mol. The summed E-state index contributed by atoms with van der Waals surface area (Å²) >= 11 is 1.67. The summed E-state index contributed by atoms with van der Waals surface area (Å²) in [7, 11) is 0. The fraction of sp³-hybridized carbons (Fsp3) is 0.393. The van der Waals surface area contributed by atoms with Crippen LogP contribution in [0.4, 0.5) is 4.39 Å². The smallest absolute Gasteiger partial charge is 0.256 e. The quantitative estimate of drug-likeness (QED) is 0.504. The Kier molecular flexibility index (Phi) is 4.68. The van der Waals surface area contributed by atoms with E-state index >= 15 is 4.39 Å². The lowest BCUT2D eigenvalue weighted by Gasteiger charge is -2.24. The maximum absolute atomic E-state index is 15.4. The molecule has 0 N–H and O–H groups in total. The van der Waals surface area contributed by atoms with Crippen LogP contribution in [0, 0.1) is 17.7 Å². The van der Waals surface area contributed by atoms with Crippen molar-refractivity contribution in [1.29, 1.82) is 0 Å². The number of benzene rings is 2. The van der Waals surface area contributed by atoms with E-state index in [1.54, 1.807) is 22.3 Å². The van der Waals surface area contributed by atoms with Crippen LogP contribution < -0.4 is 0 Å². The highest BCUT2D eigenvalue weighted by Gasteiger charge is 2.57. The molecule has 3 heterocycles. The summed E-state index contributed by atoms with van der Waals surface area (Å²) < 4.78 is 16.6. The number of hydrogen-bond acceptors (Lipinski definition) is 4. The number of rotatable bonds is 5. The van der Waals surface area contributed by atoms with Crippen LogP contribution in [0.5, 0.6) is 0 Å². The fourth-order valence-corrected chi connectivity index (χ4v) is 6.31. The van der Waals surface area contributed by atoms with Crippen LogP contribution in [-0.4, -0.2) is 52.6 Å². The molecule has 2 aliphatic heterocycles.